The van der Waals surface area contributed by atoms with Crippen molar-refractivity contribution in [3.63, 3.8) is 0 Å². The van der Waals surface area contributed by atoms with E-state index in [-0.39, 0.29) is 0 Å². The fourth-order valence-corrected chi connectivity index (χ4v) is 7.07. The van der Waals surface area contributed by atoms with E-state index in [0.29, 0.717) is 0 Å². The molecule has 0 saturated carbocycles. The number of hydrogen-bond donors (Lipinski definition) is 0. The molecule has 45 heavy (non-hydrogen) atoms. The summed E-state index contributed by atoms with van der Waals surface area (Å²) in [5, 5.41) is 0. The lowest BCUT2D eigenvalue weighted by atomic mass is 9.67. The first-order valence-electron chi connectivity index (χ1n) is 14.8. The molecule has 0 amide bonds. The molecule has 0 fully saturated rings. The summed E-state index contributed by atoms with van der Waals surface area (Å²) < 4.78 is 7.75. The molecule has 4 heterocycles. The molecule has 0 unspecified atom stereocenters. The number of benzene rings is 4. The van der Waals surface area contributed by atoms with Crippen LogP contribution in [0.1, 0.15) is 22.3 Å². The van der Waals surface area contributed by atoms with Gasteiger partial charge < -0.3 is 0 Å². The fraction of sp³-hybridized carbons (Fsp3) is 0.0811. The minimum atomic E-state index is -0.604. The van der Waals surface area contributed by atoms with Gasteiger partial charge in [0, 0.05) is 9.97 Å². The number of rotatable bonds is 4. The number of hydrogen-bond acceptors (Lipinski definition) is 4. The monoisotopic (exact) mass is 582 g/mol. The molecule has 0 spiro atoms. The molecule has 1 aliphatic carbocycles. The zero-order chi connectivity index (χ0) is 30.1. The van der Waals surface area contributed by atoms with Crippen LogP contribution in [0.15, 0.2) is 122 Å². The summed E-state index contributed by atoms with van der Waals surface area (Å²) in [5.41, 5.74) is 8.53. The van der Waals surface area contributed by atoms with Crippen molar-refractivity contribution in [1.29, 1.82) is 0 Å². The Bertz CT molecular complexity index is 2220. The van der Waals surface area contributed by atoms with Gasteiger partial charge in [-0.2, -0.15) is 9.97 Å². The Balaban J connectivity index is 1.32. The topological polar surface area (TPSA) is 63.6 Å². The third-order valence-electron chi connectivity index (χ3n) is 8.91. The number of fused-ring (bicyclic) bond motifs is 5. The second-order valence-corrected chi connectivity index (χ2v) is 11.3. The van der Waals surface area contributed by atoms with Gasteiger partial charge in [-0.3, -0.25) is 0 Å². The number of aromatic nitrogens is 4. The van der Waals surface area contributed by atoms with Gasteiger partial charge in [0.25, 0.3) is 0 Å². The molecule has 2 aliphatic heterocycles. The molecule has 0 atom stereocenters. The Morgan fingerprint density at radius 2 is 0.911 bits per heavy atom. The number of nitrogens with zero attached hydrogens (tertiary/aromatic N) is 8. The highest BCUT2D eigenvalue weighted by molar-refractivity contribution is 5.87. The van der Waals surface area contributed by atoms with Crippen LogP contribution in [0.2, 0.25) is 0 Å². The van der Waals surface area contributed by atoms with Gasteiger partial charge in [-0.1, -0.05) is 81.9 Å². The predicted octanol–water partition coefficient (Wildman–Crippen LogP) is 6.22. The third kappa shape index (κ3) is 3.49. The zero-order valence-electron chi connectivity index (χ0n) is 24.6. The van der Waals surface area contributed by atoms with Crippen LogP contribution in [0.3, 0.4) is 0 Å². The molecule has 8 heteroatoms. The lowest BCUT2D eigenvalue weighted by molar-refractivity contribution is -0.398. The molecule has 0 radical (unpaired) electrons. The standard InChI is InChI=1S/C37H26N8/c1-42-23-44(35-33(42)38-17-19-40-35)27-11-7-9-25(21-27)37(31-15-5-3-13-29(31)30-14-4-6-16-32(30)37)26-10-8-12-28(22-26)45-24-43(2)34-36(45)41-20-18-39-34/h3-22H,1-2H3/q+4. The highest BCUT2D eigenvalue weighted by Crippen LogP contribution is 2.56. The normalized spacial score (nSPS) is 14.9. The second-order valence-electron chi connectivity index (χ2n) is 11.3. The van der Waals surface area contributed by atoms with E-state index in [2.05, 4.69) is 129 Å². The highest BCUT2D eigenvalue weighted by atomic mass is 15.3. The van der Waals surface area contributed by atoms with Crippen molar-refractivity contribution in [2.24, 2.45) is 0 Å². The van der Waals surface area contributed by atoms with Crippen LogP contribution in [0.5, 0.6) is 0 Å². The van der Waals surface area contributed by atoms with Crippen LogP contribution in [0, 0.1) is 0 Å². The van der Waals surface area contributed by atoms with Crippen molar-refractivity contribution in [3.05, 3.63) is 144 Å². The van der Waals surface area contributed by atoms with E-state index >= 15 is 0 Å². The van der Waals surface area contributed by atoms with Crippen molar-refractivity contribution in [2.75, 3.05) is 14.1 Å². The van der Waals surface area contributed by atoms with Crippen molar-refractivity contribution < 1.29 is 9.15 Å². The summed E-state index contributed by atoms with van der Waals surface area (Å²) in [4.78, 5) is 18.4. The van der Waals surface area contributed by atoms with Gasteiger partial charge in [-0.05, 0) is 57.6 Å². The largest absolute Gasteiger partial charge is 0.479 e. The van der Waals surface area contributed by atoms with E-state index in [1.165, 1.54) is 22.3 Å². The summed E-state index contributed by atoms with van der Waals surface area (Å²) in [6.07, 6.45) is 6.86. The van der Waals surface area contributed by atoms with Gasteiger partial charge in [0.15, 0.2) is 23.8 Å². The van der Waals surface area contributed by atoms with Gasteiger partial charge >= 0.3 is 35.3 Å². The summed E-state index contributed by atoms with van der Waals surface area (Å²) in [6.45, 7) is 0. The molecule has 2 aromatic heterocycles. The first-order valence-corrected chi connectivity index (χ1v) is 14.8. The Morgan fingerprint density at radius 3 is 1.38 bits per heavy atom. The van der Waals surface area contributed by atoms with E-state index in [1.807, 2.05) is 32.4 Å². The first kappa shape index (κ1) is 25.3. The predicted molar refractivity (Wildman–Crippen MR) is 172 cm³/mol. The maximum atomic E-state index is 4.65. The minimum Gasteiger partial charge on any atom is -0.196 e. The van der Waals surface area contributed by atoms with E-state index in [0.717, 1.165) is 45.8 Å². The second kappa shape index (κ2) is 9.40. The smallest absolute Gasteiger partial charge is 0.196 e. The molecule has 8 nitrogen and oxygen atoms in total. The van der Waals surface area contributed by atoms with Gasteiger partial charge in [0.1, 0.15) is 14.1 Å². The van der Waals surface area contributed by atoms with Gasteiger partial charge in [0.05, 0.1) is 17.8 Å². The molecular weight excluding hydrogens is 556 g/mol. The van der Waals surface area contributed by atoms with Crippen molar-refractivity contribution in [1.82, 2.24) is 29.1 Å². The third-order valence-corrected chi connectivity index (χ3v) is 8.91. The Hall–Kier alpha value is -6.20. The first-order chi connectivity index (χ1) is 22.1. The van der Waals surface area contributed by atoms with Crippen molar-refractivity contribution in [3.8, 4) is 11.1 Å². The lowest BCUT2D eigenvalue weighted by Crippen LogP contribution is -2.29. The van der Waals surface area contributed by atoms with Gasteiger partial charge in [-0.25, -0.2) is 0 Å². The molecule has 0 saturated heterocycles. The Kier molecular flexibility index (Phi) is 5.29. The molecule has 210 valence electrons. The van der Waals surface area contributed by atoms with E-state index < -0.39 is 5.41 Å². The fourth-order valence-electron chi connectivity index (χ4n) is 7.07. The molecule has 9 rings (SSSR count). The van der Waals surface area contributed by atoms with Crippen molar-refractivity contribution >= 4 is 46.7 Å². The molecule has 0 N–H and O–H groups in total. The summed E-state index contributed by atoms with van der Waals surface area (Å²) >= 11 is 0. The molecular formula is C37H26N8+4. The quantitative estimate of drug-likeness (QED) is 0.231. The molecule has 0 bridgehead atoms. The molecule has 4 aromatic carbocycles. The summed E-state index contributed by atoms with van der Waals surface area (Å²) in [5.74, 6) is 3.05. The van der Waals surface area contributed by atoms with Crippen LogP contribution in [-0.4, -0.2) is 55.2 Å². The van der Waals surface area contributed by atoms with Crippen LogP contribution >= 0.6 is 0 Å². The van der Waals surface area contributed by atoms with Crippen LogP contribution in [-0.2, 0) is 5.41 Å². The maximum absolute atomic E-state index is 4.65. The average molecular weight is 583 g/mol. The SMILES string of the molecule is C[N+]1=C=[N+](c2cccc(C3(c4cccc([N+]5=C=[N+](C)c6nccnc65)c4)c4ccccc4-c4ccccc43)c2)c2nccnc21. The van der Waals surface area contributed by atoms with E-state index in [4.69, 9.17) is 0 Å². The van der Waals surface area contributed by atoms with Crippen LogP contribution in [0.4, 0.5) is 34.6 Å². The Morgan fingerprint density at radius 1 is 0.489 bits per heavy atom. The van der Waals surface area contributed by atoms with Crippen LogP contribution in [0.25, 0.3) is 11.1 Å². The molecule has 3 aliphatic rings. The van der Waals surface area contributed by atoms with E-state index in [1.54, 1.807) is 24.8 Å². The molecule has 6 aromatic rings. The minimum absolute atomic E-state index is 0.604. The van der Waals surface area contributed by atoms with E-state index in [9.17, 15) is 0 Å². The van der Waals surface area contributed by atoms with Gasteiger partial charge in [-0.15, -0.1) is 9.15 Å². The zero-order valence-corrected chi connectivity index (χ0v) is 24.6. The average Bonchev–Trinajstić information content (AvgIpc) is 3.73. The Labute approximate surface area is 259 Å². The van der Waals surface area contributed by atoms with Crippen molar-refractivity contribution in [2.45, 2.75) is 5.41 Å². The maximum Gasteiger partial charge on any atom is 0.479 e. The van der Waals surface area contributed by atoms with Gasteiger partial charge in [0.2, 0.25) is 0 Å². The summed E-state index contributed by atoms with van der Waals surface area (Å²) in [7, 11) is 3.89. The summed E-state index contributed by atoms with van der Waals surface area (Å²) in [6, 6.07) is 41.8. The lowest BCUT2D eigenvalue weighted by Gasteiger charge is -2.33. The van der Waals surface area contributed by atoms with Crippen LogP contribution < -0.4 is 9.15 Å². The highest BCUT2D eigenvalue weighted by Gasteiger charge is 2.47.